The smallest absolute Gasteiger partial charge is 0.252 e. The molecule has 2 atom stereocenters. The van der Waals surface area contributed by atoms with E-state index in [1.165, 1.54) is 142 Å². The zero-order chi connectivity index (χ0) is 55.2. The Kier molecular flexibility index (Phi) is 11.9. The van der Waals surface area contributed by atoms with Crippen molar-refractivity contribution in [3.63, 3.8) is 0 Å². The zero-order valence-electron chi connectivity index (χ0n) is 49.8. The largest absolute Gasteiger partial charge is 0.334 e. The van der Waals surface area contributed by atoms with E-state index in [1.807, 2.05) is 0 Å². The van der Waals surface area contributed by atoms with Gasteiger partial charge in [0, 0.05) is 50.7 Å². The Labute approximate surface area is 468 Å². The third-order valence-electron chi connectivity index (χ3n) is 19.0. The Morgan fingerprint density at radius 3 is 1.41 bits per heavy atom. The Morgan fingerprint density at radius 2 is 0.885 bits per heavy atom. The van der Waals surface area contributed by atoms with Crippen molar-refractivity contribution in [2.75, 3.05) is 14.7 Å². The second kappa shape index (κ2) is 17.9. The summed E-state index contributed by atoms with van der Waals surface area (Å²) in [4.78, 5) is 8.28. The Bertz CT molecular complexity index is 3690. The van der Waals surface area contributed by atoms with Gasteiger partial charge in [-0.25, -0.2) is 0 Å². The minimum absolute atomic E-state index is 0.0386. The monoisotopic (exact) mass is 1020 g/mol. The number of aryl methyl sites for hydroxylation is 2. The summed E-state index contributed by atoms with van der Waals surface area (Å²) in [6.07, 6.45) is 4.74. The number of benzene rings is 8. The first-order valence-corrected chi connectivity index (χ1v) is 29.2. The van der Waals surface area contributed by atoms with Gasteiger partial charge < -0.3 is 14.7 Å². The molecule has 8 aromatic carbocycles. The molecule has 3 aliphatic heterocycles. The van der Waals surface area contributed by atoms with E-state index in [1.54, 1.807) is 0 Å². The molecule has 396 valence electrons. The van der Waals surface area contributed by atoms with Crippen LogP contribution in [0.1, 0.15) is 162 Å². The minimum atomic E-state index is -0.171. The summed E-state index contributed by atoms with van der Waals surface area (Å²) in [5, 5.41) is 0. The number of hydrogen-bond acceptors (Lipinski definition) is 3. The number of anilines is 8. The first kappa shape index (κ1) is 52.0. The third kappa shape index (κ3) is 8.12. The van der Waals surface area contributed by atoms with Crippen LogP contribution in [0, 0.1) is 13.8 Å². The second-order valence-corrected chi connectivity index (χ2v) is 28.4. The van der Waals surface area contributed by atoms with Crippen molar-refractivity contribution in [1.29, 1.82) is 0 Å². The molecule has 3 heterocycles. The third-order valence-corrected chi connectivity index (χ3v) is 19.0. The van der Waals surface area contributed by atoms with E-state index in [2.05, 4.69) is 283 Å². The van der Waals surface area contributed by atoms with Crippen LogP contribution in [-0.4, -0.2) is 12.3 Å². The molecule has 1 fully saturated rings. The molecule has 0 aromatic heterocycles. The average molecular weight is 1020 g/mol. The molecule has 4 heteroatoms. The van der Waals surface area contributed by atoms with Crippen molar-refractivity contribution < 1.29 is 0 Å². The lowest BCUT2D eigenvalue weighted by molar-refractivity contribution is 0.195. The van der Waals surface area contributed by atoms with E-state index >= 15 is 0 Å². The first-order chi connectivity index (χ1) is 36.8. The van der Waals surface area contributed by atoms with Gasteiger partial charge in [0.05, 0.1) is 16.9 Å². The summed E-state index contributed by atoms with van der Waals surface area (Å²) in [6, 6.07) is 62.3. The van der Waals surface area contributed by atoms with Crippen LogP contribution in [0.2, 0.25) is 0 Å². The maximum absolute atomic E-state index is 2.86. The molecule has 3 nitrogen and oxygen atoms in total. The highest BCUT2D eigenvalue weighted by Crippen LogP contribution is 2.63. The molecule has 12 rings (SSSR count). The van der Waals surface area contributed by atoms with Gasteiger partial charge in [-0.1, -0.05) is 218 Å². The number of fused-ring (bicyclic) bond motifs is 7. The highest BCUT2D eigenvalue weighted by atomic mass is 15.3. The molecular formula is C74H82BN3. The van der Waals surface area contributed by atoms with Crippen molar-refractivity contribution in [1.82, 2.24) is 0 Å². The van der Waals surface area contributed by atoms with E-state index in [-0.39, 0.29) is 39.3 Å². The van der Waals surface area contributed by atoms with Crippen molar-refractivity contribution in [2.24, 2.45) is 0 Å². The fourth-order valence-electron chi connectivity index (χ4n) is 14.3. The Balaban J connectivity index is 1.28. The number of hydrogen-bond donors (Lipinski definition) is 0. The highest BCUT2D eigenvalue weighted by molar-refractivity contribution is 7.00. The molecule has 1 aliphatic carbocycles. The maximum Gasteiger partial charge on any atom is 0.252 e. The van der Waals surface area contributed by atoms with Crippen LogP contribution in [0.25, 0.3) is 22.3 Å². The van der Waals surface area contributed by atoms with Gasteiger partial charge in [0.2, 0.25) is 0 Å². The molecule has 0 spiro atoms. The van der Waals surface area contributed by atoms with Gasteiger partial charge in [-0.3, -0.25) is 0 Å². The second-order valence-electron chi connectivity index (χ2n) is 28.4. The van der Waals surface area contributed by atoms with Crippen LogP contribution in [0.3, 0.4) is 0 Å². The first-order valence-electron chi connectivity index (χ1n) is 29.2. The SMILES string of the molecule is Cc1cc(C)c2c(c1)C1(C)CCCCC1(C)N2c1cc2c3c(c1)N(c1ccc(C(C)(C)C)cc1-c1ccccc1)c1cc(C(C)(C)C)ccc1B3c1cc(C(C)(C)C)ccc1N2c1ccc(C(C)(C)C)cc1-c1ccccc1. The van der Waals surface area contributed by atoms with Crippen molar-refractivity contribution in [3.05, 3.63) is 197 Å². The predicted octanol–water partition coefficient (Wildman–Crippen LogP) is 18.7. The van der Waals surface area contributed by atoms with E-state index in [9.17, 15) is 0 Å². The van der Waals surface area contributed by atoms with Crippen molar-refractivity contribution in [3.8, 4) is 22.3 Å². The van der Waals surface area contributed by atoms with Gasteiger partial charge in [-0.05, 0) is 165 Å². The van der Waals surface area contributed by atoms with Gasteiger partial charge in [-0.15, -0.1) is 0 Å². The maximum atomic E-state index is 2.86. The van der Waals surface area contributed by atoms with E-state index < -0.39 is 0 Å². The summed E-state index contributed by atoms with van der Waals surface area (Å²) in [6.45, 7) is 38.1. The normalized spacial score (nSPS) is 18.8. The summed E-state index contributed by atoms with van der Waals surface area (Å²) in [5.74, 6) is 0. The Hall–Kier alpha value is -6.78. The van der Waals surface area contributed by atoms with Gasteiger partial charge >= 0.3 is 0 Å². The van der Waals surface area contributed by atoms with Gasteiger partial charge in [0.15, 0.2) is 0 Å². The quantitative estimate of drug-likeness (QED) is 0.159. The van der Waals surface area contributed by atoms with E-state index in [0.717, 1.165) is 6.42 Å². The molecule has 2 unspecified atom stereocenters. The lowest BCUT2D eigenvalue weighted by Crippen LogP contribution is -2.62. The number of nitrogens with zero attached hydrogens (tertiary/aromatic N) is 3. The molecule has 0 bridgehead atoms. The van der Waals surface area contributed by atoms with E-state index in [0.29, 0.717) is 0 Å². The van der Waals surface area contributed by atoms with Crippen molar-refractivity contribution in [2.45, 2.75) is 169 Å². The molecule has 78 heavy (non-hydrogen) atoms. The zero-order valence-corrected chi connectivity index (χ0v) is 49.8. The molecular weight excluding hydrogens is 942 g/mol. The fourth-order valence-corrected chi connectivity index (χ4v) is 14.3. The fraction of sp³-hybridized carbons (Fsp3) is 0.351. The predicted molar refractivity (Wildman–Crippen MR) is 338 cm³/mol. The summed E-state index contributed by atoms with van der Waals surface area (Å²) < 4.78 is 0. The van der Waals surface area contributed by atoms with E-state index in [4.69, 9.17) is 0 Å². The topological polar surface area (TPSA) is 9.72 Å². The lowest BCUT2D eigenvalue weighted by Gasteiger charge is -2.51. The number of rotatable bonds is 5. The molecule has 1 saturated carbocycles. The molecule has 0 amide bonds. The lowest BCUT2D eigenvalue weighted by atomic mass is 9.33. The summed E-state index contributed by atoms with van der Waals surface area (Å²) in [5.41, 5.74) is 28.0. The molecule has 0 radical (unpaired) electrons. The van der Waals surface area contributed by atoms with Gasteiger partial charge in [0.25, 0.3) is 6.71 Å². The van der Waals surface area contributed by atoms with Crippen LogP contribution in [0.15, 0.2) is 158 Å². The summed E-state index contributed by atoms with van der Waals surface area (Å²) >= 11 is 0. The van der Waals surface area contributed by atoms with Crippen LogP contribution in [0.4, 0.5) is 45.5 Å². The van der Waals surface area contributed by atoms with Gasteiger partial charge in [-0.2, -0.15) is 0 Å². The van der Waals surface area contributed by atoms with Crippen LogP contribution in [0.5, 0.6) is 0 Å². The van der Waals surface area contributed by atoms with Gasteiger partial charge in [0.1, 0.15) is 0 Å². The highest BCUT2D eigenvalue weighted by Gasteiger charge is 2.59. The van der Waals surface area contributed by atoms with Crippen molar-refractivity contribution >= 4 is 68.6 Å². The molecule has 0 N–H and O–H groups in total. The van der Waals surface area contributed by atoms with Crippen LogP contribution < -0.4 is 31.1 Å². The van der Waals surface area contributed by atoms with Crippen LogP contribution >= 0.6 is 0 Å². The van der Waals surface area contributed by atoms with Crippen LogP contribution in [-0.2, 0) is 27.1 Å². The molecule has 4 aliphatic rings. The molecule has 0 saturated heterocycles. The standard InChI is InChI=1S/C74H82BN3/c1-47-39-48(2)68-58(40-47)73(15)37-23-24-38-74(73,16)78(68)55-45-65-67-66(46-55)77(62-35-31-52(70(6,7)8)42-57(62)50-27-21-18-22-28-50)64-44-54(72(12,13)14)29-33-59(64)75(67)60-43-53(71(9,10)11)32-36-63(60)76(65)61-34-30-51(69(3,4)5)41-56(61)49-25-19-17-20-26-49/h17-22,25-36,39-46H,23-24,37-38H2,1-16H3. The Morgan fingerprint density at radius 1 is 0.423 bits per heavy atom. The summed E-state index contributed by atoms with van der Waals surface area (Å²) in [7, 11) is 0. The minimum Gasteiger partial charge on any atom is -0.334 e. The molecule has 8 aromatic rings. The average Bonchev–Trinajstić information content (AvgIpc) is 3.28.